The molecule has 1 saturated heterocycles. The van der Waals surface area contributed by atoms with Crippen molar-refractivity contribution in [3.05, 3.63) is 0 Å². The molecule has 0 bridgehead atoms. The van der Waals surface area contributed by atoms with Crippen LogP contribution in [-0.4, -0.2) is 26.8 Å². The van der Waals surface area contributed by atoms with Gasteiger partial charge in [-0.05, 0) is 19.9 Å². The van der Waals surface area contributed by atoms with Crippen LogP contribution in [0.4, 0.5) is 0 Å². The molecule has 1 rings (SSSR count). The lowest BCUT2D eigenvalue weighted by Gasteiger charge is -2.26. The fraction of sp³-hybridized carbons (Fsp3) is 1.00. The van der Waals surface area contributed by atoms with Crippen LogP contribution in [0.5, 0.6) is 0 Å². The van der Waals surface area contributed by atoms with Crippen LogP contribution < -0.4 is 5.32 Å². The first-order valence-electron chi connectivity index (χ1n) is 5.05. The van der Waals surface area contributed by atoms with Gasteiger partial charge in [-0.15, -0.1) is 0 Å². The highest BCUT2D eigenvalue weighted by atomic mass is 16.5. The number of rotatable bonds is 5. The van der Waals surface area contributed by atoms with Gasteiger partial charge in [-0.1, -0.05) is 19.8 Å². The van der Waals surface area contributed by atoms with Crippen molar-refractivity contribution in [2.45, 2.75) is 32.6 Å². The topological polar surface area (TPSA) is 21.3 Å². The molecule has 1 fully saturated rings. The predicted molar refractivity (Wildman–Crippen MR) is 51.3 cm³/mol. The molecule has 2 nitrogen and oxygen atoms in total. The molecule has 0 aromatic heterocycles. The van der Waals surface area contributed by atoms with Crippen molar-refractivity contribution in [2.75, 3.05) is 26.8 Å². The summed E-state index contributed by atoms with van der Waals surface area (Å²) in [6.45, 7) is 5.30. The highest BCUT2D eigenvalue weighted by Gasteiger charge is 2.33. The summed E-state index contributed by atoms with van der Waals surface area (Å²) in [4.78, 5) is 0. The van der Waals surface area contributed by atoms with Gasteiger partial charge < -0.3 is 10.1 Å². The largest absolute Gasteiger partial charge is 0.381 e. The van der Waals surface area contributed by atoms with Gasteiger partial charge in [-0.2, -0.15) is 0 Å². The lowest BCUT2D eigenvalue weighted by Crippen LogP contribution is -2.32. The normalized spacial score (nSPS) is 29.5. The van der Waals surface area contributed by atoms with Gasteiger partial charge in [0.15, 0.2) is 0 Å². The fourth-order valence-electron chi connectivity index (χ4n) is 2.00. The number of ether oxygens (including phenoxy) is 1. The van der Waals surface area contributed by atoms with E-state index in [9.17, 15) is 0 Å². The van der Waals surface area contributed by atoms with Crippen molar-refractivity contribution in [1.29, 1.82) is 0 Å². The average molecular weight is 171 g/mol. The standard InChI is InChI=1S/C10H21NO/c1-3-4-5-10(8-11-2)6-7-12-9-10/h11H,3-9H2,1-2H3. The van der Waals surface area contributed by atoms with Crippen LogP contribution in [-0.2, 0) is 4.74 Å². The molecule has 0 aromatic rings. The molecule has 0 aromatic carbocycles. The second-order valence-electron chi connectivity index (χ2n) is 3.94. The van der Waals surface area contributed by atoms with E-state index in [2.05, 4.69) is 12.2 Å². The van der Waals surface area contributed by atoms with E-state index in [1.165, 1.54) is 25.7 Å². The maximum atomic E-state index is 5.47. The van der Waals surface area contributed by atoms with Crippen molar-refractivity contribution < 1.29 is 4.74 Å². The Hall–Kier alpha value is -0.0800. The SMILES string of the molecule is CCCCC1(CNC)CCOC1. The van der Waals surface area contributed by atoms with Gasteiger partial charge in [0.2, 0.25) is 0 Å². The van der Waals surface area contributed by atoms with Crippen molar-refractivity contribution in [3.8, 4) is 0 Å². The number of nitrogens with one attached hydrogen (secondary N) is 1. The van der Waals surface area contributed by atoms with Crippen molar-refractivity contribution >= 4 is 0 Å². The van der Waals surface area contributed by atoms with E-state index in [0.29, 0.717) is 5.41 Å². The molecule has 1 heterocycles. The smallest absolute Gasteiger partial charge is 0.0535 e. The van der Waals surface area contributed by atoms with Gasteiger partial charge in [-0.3, -0.25) is 0 Å². The van der Waals surface area contributed by atoms with E-state index < -0.39 is 0 Å². The summed E-state index contributed by atoms with van der Waals surface area (Å²) in [6.07, 6.45) is 5.20. The third-order valence-electron chi connectivity index (χ3n) is 2.80. The maximum Gasteiger partial charge on any atom is 0.0535 e. The molecule has 2 heteroatoms. The molecular formula is C10H21NO. The maximum absolute atomic E-state index is 5.47. The third kappa shape index (κ3) is 2.46. The van der Waals surface area contributed by atoms with Crippen LogP contribution in [0, 0.1) is 5.41 Å². The minimum atomic E-state index is 0.463. The second-order valence-corrected chi connectivity index (χ2v) is 3.94. The summed E-state index contributed by atoms with van der Waals surface area (Å²) in [6, 6.07) is 0. The molecular weight excluding hydrogens is 150 g/mol. The Bertz CT molecular complexity index is 119. The van der Waals surface area contributed by atoms with Gasteiger partial charge in [0.25, 0.3) is 0 Å². The first kappa shape index (κ1) is 10.0. The van der Waals surface area contributed by atoms with Gasteiger partial charge >= 0.3 is 0 Å². The first-order chi connectivity index (χ1) is 5.83. The van der Waals surface area contributed by atoms with E-state index in [4.69, 9.17) is 4.74 Å². The Morgan fingerprint density at radius 2 is 2.33 bits per heavy atom. The number of hydrogen-bond donors (Lipinski definition) is 1. The Balaban J connectivity index is 2.35. The molecule has 1 unspecified atom stereocenters. The molecule has 12 heavy (non-hydrogen) atoms. The summed E-state index contributed by atoms with van der Waals surface area (Å²) in [5, 5.41) is 3.28. The van der Waals surface area contributed by atoms with Gasteiger partial charge in [0, 0.05) is 18.6 Å². The van der Waals surface area contributed by atoms with Crippen LogP contribution in [0.2, 0.25) is 0 Å². The van der Waals surface area contributed by atoms with E-state index in [0.717, 1.165) is 19.8 Å². The summed E-state index contributed by atoms with van der Waals surface area (Å²) in [7, 11) is 2.03. The Morgan fingerprint density at radius 1 is 1.50 bits per heavy atom. The van der Waals surface area contributed by atoms with Crippen LogP contribution in [0.25, 0.3) is 0 Å². The zero-order valence-electron chi connectivity index (χ0n) is 8.36. The second kappa shape index (κ2) is 4.83. The quantitative estimate of drug-likeness (QED) is 0.681. The van der Waals surface area contributed by atoms with Crippen molar-refractivity contribution in [3.63, 3.8) is 0 Å². The lowest BCUT2D eigenvalue weighted by atomic mass is 9.82. The Morgan fingerprint density at radius 3 is 2.83 bits per heavy atom. The molecule has 0 aliphatic carbocycles. The summed E-state index contributed by atoms with van der Waals surface area (Å²) in [5.74, 6) is 0. The average Bonchev–Trinajstić information content (AvgIpc) is 2.51. The Kier molecular flexibility index (Phi) is 4.02. The molecule has 1 N–H and O–H groups in total. The third-order valence-corrected chi connectivity index (χ3v) is 2.80. The molecule has 0 radical (unpaired) electrons. The van der Waals surface area contributed by atoms with E-state index in [-0.39, 0.29) is 0 Å². The first-order valence-corrected chi connectivity index (χ1v) is 5.05. The number of unbranched alkanes of at least 4 members (excludes halogenated alkanes) is 1. The minimum absolute atomic E-state index is 0.463. The van der Waals surface area contributed by atoms with Crippen molar-refractivity contribution in [2.24, 2.45) is 5.41 Å². The summed E-state index contributed by atoms with van der Waals surface area (Å²) in [5.41, 5.74) is 0.463. The number of hydrogen-bond acceptors (Lipinski definition) is 2. The van der Waals surface area contributed by atoms with E-state index >= 15 is 0 Å². The zero-order valence-corrected chi connectivity index (χ0v) is 8.36. The molecule has 72 valence electrons. The lowest BCUT2D eigenvalue weighted by molar-refractivity contribution is 0.143. The molecule has 0 saturated carbocycles. The molecule has 1 aliphatic heterocycles. The zero-order chi connectivity index (χ0) is 8.86. The van der Waals surface area contributed by atoms with Crippen molar-refractivity contribution in [1.82, 2.24) is 5.32 Å². The summed E-state index contributed by atoms with van der Waals surface area (Å²) >= 11 is 0. The van der Waals surface area contributed by atoms with Crippen LogP contribution >= 0.6 is 0 Å². The van der Waals surface area contributed by atoms with E-state index in [1.807, 2.05) is 7.05 Å². The fourth-order valence-corrected chi connectivity index (χ4v) is 2.00. The highest BCUT2D eigenvalue weighted by molar-refractivity contribution is 4.84. The van der Waals surface area contributed by atoms with Crippen LogP contribution in [0.15, 0.2) is 0 Å². The van der Waals surface area contributed by atoms with E-state index in [1.54, 1.807) is 0 Å². The summed E-state index contributed by atoms with van der Waals surface area (Å²) < 4.78 is 5.47. The predicted octanol–water partition coefficient (Wildman–Crippen LogP) is 1.80. The van der Waals surface area contributed by atoms with Gasteiger partial charge in [0.05, 0.1) is 6.61 Å². The van der Waals surface area contributed by atoms with Crippen LogP contribution in [0.1, 0.15) is 32.6 Å². The molecule has 0 spiro atoms. The highest BCUT2D eigenvalue weighted by Crippen LogP contribution is 2.33. The van der Waals surface area contributed by atoms with Crippen LogP contribution in [0.3, 0.4) is 0 Å². The molecule has 1 atom stereocenters. The molecule has 0 amide bonds. The molecule has 1 aliphatic rings. The Labute approximate surface area is 75.7 Å². The van der Waals surface area contributed by atoms with Gasteiger partial charge in [-0.25, -0.2) is 0 Å². The minimum Gasteiger partial charge on any atom is -0.381 e. The monoisotopic (exact) mass is 171 g/mol. The van der Waals surface area contributed by atoms with Gasteiger partial charge in [0.1, 0.15) is 0 Å².